The summed E-state index contributed by atoms with van der Waals surface area (Å²) in [5, 5.41) is 16.4. The predicted molar refractivity (Wildman–Crippen MR) is 129 cm³/mol. The minimum absolute atomic E-state index is 0.115. The number of allylic oxidation sites excluding steroid dienone is 2. The van der Waals surface area contributed by atoms with Crippen LogP contribution in [0.3, 0.4) is 0 Å². The van der Waals surface area contributed by atoms with Crippen LogP contribution in [0.25, 0.3) is 0 Å². The monoisotopic (exact) mass is 458 g/mol. The predicted octanol–water partition coefficient (Wildman–Crippen LogP) is 4.27. The molecule has 1 aromatic heterocycles. The average Bonchev–Trinajstić information content (AvgIpc) is 3.45. The number of fused-ring (bicyclic) bond motifs is 1. The van der Waals surface area contributed by atoms with E-state index >= 15 is 0 Å². The first-order valence-electron chi connectivity index (χ1n) is 11.7. The van der Waals surface area contributed by atoms with Crippen molar-refractivity contribution in [2.75, 3.05) is 11.9 Å². The number of carbonyl (C=O) groups is 2. The summed E-state index contributed by atoms with van der Waals surface area (Å²) in [6, 6.07) is 9.63. The molecule has 0 fully saturated rings. The van der Waals surface area contributed by atoms with E-state index in [1.54, 1.807) is 42.1 Å². The number of Topliss-reactive ketones (excluding diaryl/α,β-unsaturated/α-hetero) is 1. The lowest BCUT2D eigenvalue weighted by Gasteiger charge is -2.48. The van der Waals surface area contributed by atoms with E-state index in [4.69, 9.17) is 0 Å². The Morgan fingerprint density at radius 1 is 1.26 bits per heavy atom. The van der Waals surface area contributed by atoms with Gasteiger partial charge in [-0.2, -0.15) is 15.3 Å². The van der Waals surface area contributed by atoms with Gasteiger partial charge in [-0.1, -0.05) is 32.9 Å². The highest BCUT2D eigenvalue weighted by atomic mass is 16.2. The summed E-state index contributed by atoms with van der Waals surface area (Å²) < 4.78 is 1.61. The van der Waals surface area contributed by atoms with E-state index < -0.39 is 5.41 Å². The standard InChI is InChI=1S/C26H30N6O2/c1-6-26(16-8-7-9-17(12-16)32(5)24(34)19-10-11-31(4)30-19)18-15-27-29-23(18)28-20-13-25(2,3)14-21(33)22(20)26/h7-12,15,23,28H,6,13-14H2,1-5H3/t23?,26-/m1/s1. The molecule has 1 unspecified atom stereocenters. The lowest BCUT2D eigenvalue weighted by atomic mass is 9.59. The zero-order chi connectivity index (χ0) is 24.3. The number of rotatable bonds is 4. The first-order chi connectivity index (χ1) is 16.2. The summed E-state index contributed by atoms with van der Waals surface area (Å²) in [7, 11) is 3.54. The lowest BCUT2D eigenvalue weighted by Crippen LogP contribution is -2.51. The van der Waals surface area contributed by atoms with Crippen LogP contribution in [0.5, 0.6) is 0 Å². The zero-order valence-electron chi connectivity index (χ0n) is 20.3. The van der Waals surface area contributed by atoms with Gasteiger partial charge in [0.25, 0.3) is 5.91 Å². The van der Waals surface area contributed by atoms with E-state index in [1.165, 1.54) is 0 Å². The average molecular weight is 459 g/mol. The second kappa shape index (κ2) is 7.75. The van der Waals surface area contributed by atoms with Crippen LogP contribution >= 0.6 is 0 Å². The summed E-state index contributed by atoms with van der Waals surface area (Å²) in [5.74, 6) is -0.0258. The molecule has 176 valence electrons. The number of amides is 1. The summed E-state index contributed by atoms with van der Waals surface area (Å²) in [4.78, 5) is 28.3. The molecule has 5 rings (SSSR count). The van der Waals surface area contributed by atoms with Gasteiger partial charge in [0.2, 0.25) is 0 Å². The van der Waals surface area contributed by atoms with Crippen LogP contribution in [0.1, 0.15) is 56.1 Å². The Morgan fingerprint density at radius 3 is 2.76 bits per heavy atom. The van der Waals surface area contributed by atoms with Gasteiger partial charge in [0.1, 0.15) is 0 Å². The maximum Gasteiger partial charge on any atom is 0.278 e. The molecule has 34 heavy (non-hydrogen) atoms. The summed E-state index contributed by atoms with van der Waals surface area (Å²) in [6.07, 6.45) is 5.24. The van der Waals surface area contributed by atoms with Gasteiger partial charge in [0.05, 0.1) is 11.6 Å². The van der Waals surface area contributed by atoms with Crippen molar-refractivity contribution in [3.05, 3.63) is 70.8 Å². The number of hydrogen-bond donors (Lipinski definition) is 1. The molecule has 3 aliphatic rings. The van der Waals surface area contributed by atoms with Crippen molar-refractivity contribution in [1.82, 2.24) is 15.1 Å². The minimum Gasteiger partial charge on any atom is -0.362 e. The summed E-state index contributed by atoms with van der Waals surface area (Å²) >= 11 is 0. The van der Waals surface area contributed by atoms with Crippen LogP contribution in [0.4, 0.5) is 5.69 Å². The highest BCUT2D eigenvalue weighted by Gasteiger charge is 2.53. The van der Waals surface area contributed by atoms with Crippen LogP contribution in [0, 0.1) is 5.41 Å². The normalized spacial score (nSPS) is 24.9. The Kier molecular flexibility index (Phi) is 5.07. The Balaban J connectivity index is 1.64. The molecule has 2 aromatic rings. The van der Waals surface area contributed by atoms with Crippen molar-refractivity contribution in [2.45, 2.75) is 51.6 Å². The van der Waals surface area contributed by atoms with E-state index in [1.807, 2.05) is 24.3 Å². The molecule has 0 radical (unpaired) electrons. The molecule has 0 saturated heterocycles. The summed E-state index contributed by atoms with van der Waals surface area (Å²) in [6.45, 7) is 6.36. The quantitative estimate of drug-likeness (QED) is 0.741. The number of hydrogen-bond acceptors (Lipinski definition) is 6. The molecule has 0 spiro atoms. The van der Waals surface area contributed by atoms with Crippen molar-refractivity contribution in [3.63, 3.8) is 0 Å². The van der Waals surface area contributed by atoms with E-state index in [9.17, 15) is 9.59 Å². The maximum atomic E-state index is 13.6. The number of ketones is 1. The number of anilines is 1. The highest BCUT2D eigenvalue weighted by Crippen LogP contribution is 2.54. The van der Waals surface area contributed by atoms with E-state index in [-0.39, 0.29) is 23.3 Å². The summed E-state index contributed by atoms with van der Waals surface area (Å²) in [5.41, 5.74) is 4.11. The van der Waals surface area contributed by atoms with Gasteiger partial charge in [0.15, 0.2) is 17.6 Å². The third-order valence-corrected chi connectivity index (χ3v) is 7.27. The molecule has 8 nitrogen and oxygen atoms in total. The first-order valence-corrected chi connectivity index (χ1v) is 11.7. The van der Waals surface area contributed by atoms with Crippen molar-refractivity contribution < 1.29 is 9.59 Å². The highest BCUT2D eigenvalue weighted by molar-refractivity contribution is 6.05. The number of carbonyl (C=O) groups excluding carboxylic acids is 2. The Hall–Kier alpha value is -3.55. The number of benzene rings is 1. The van der Waals surface area contributed by atoms with Crippen LogP contribution in [0.15, 0.2) is 69.8 Å². The molecule has 1 aromatic carbocycles. The van der Waals surface area contributed by atoms with Gasteiger partial charge < -0.3 is 10.2 Å². The number of azo groups is 1. The van der Waals surface area contributed by atoms with Gasteiger partial charge in [-0.05, 0) is 42.0 Å². The molecule has 0 bridgehead atoms. The van der Waals surface area contributed by atoms with Crippen molar-refractivity contribution in [3.8, 4) is 0 Å². The van der Waals surface area contributed by atoms with Gasteiger partial charge in [-0.3, -0.25) is 14.3 Å². The molecule has 1 aliphatic carbocycles. The number of aryl methyl sites for hydroxylation is 1. The molecular weight excluding hydrogens is 428 g/mol. The van der Waals surface area contributed by atoms with Crippen molar-refractivity contribution >= 4 is 17.4 Å². The number of aromatic nitrogens is 2. The molecule has 8 heteroatoms. The van der Waals surface area contributed by atoms with Crippen LogP contribution in [-0.4, -0.2) is 34.7 Å². The second-order valence-corrected chi connectivity index (χ2v) is 10.2. The molecule has 2 atom stereocenters. The fraction of sp³-hybridized carbons (Fsp3) is 0.423. The Labute approximate surface area is 199 Å². The molecule has 1 amide bonds. The smallest absolute Gasteiger partial charge is 0.278 e. The fourth-order valence-electron chi connectivity index (χ4n) is 5.69. The Morgan fingerprint density at radius 2 is 2.06 bits per heavy atom. The maximum absolute atomic E-state index is 13.6. The molecular formula is C26H30N6O2. The first kappa shape index (κ1) is 22.3. The van der Waals surface area contributed by atoms with Crippen molar-refractivity contribution in [2.24, 2.45) is 22.7 Å². The van der Waals surface area contributed by atoms with E-state index in [0.29, 0.717) is 18.5 Å². The van der Waals surface area contributed by atoms with Gasteiger partial charge in [-0.25, -0.2) is 0 Å². The Bertz CT molecular complexity index is 1280. The third-order valence-electron chi connectivity index (χ3n) is 7.27. The second-order valence-electron chi connectivity index (χ2n) is 10.2. The van der Waals surface area contributed by atoms with Crippen LogP contribution < -0.4 is 10.2 Å². The van der Waals surface area contributed by atoms with Gasteiger partial charge in [0, 0.05) is 49.2 Å². The lowest BCUT2D eigenvalue weighted by molar-refractivity contribution is -0.119. The topological polar surface area (TPSA) is 91.9 Å². The minimum atomic E-state index is -0.646. The van der Waals surface area contributed by atoms with E-state index in [2.05, 4.69) is 41.4 Å². The van der Waals surface area contributed by atoms with E-state index in [0.717, 1.165) is 34.5 Å². The molecule has 1 N–H and O–H groups in total. The van der Waals surface area contributed by atoms with Crippen LogP contribution in [0.2, 0.25) is 0 Å². The van der Waals surface area contributed by atoms with Crippen molar-refractivity contribution in [1.29, 1.82) is 0 Å². The van der Waals surface area contributed by atoms with Gasteiger partial charge in [-0.15, -0.1) is 0 Å². The SMILES string of the molecule is CC[C@@]1(c2cccc(N(C)C(=O)c3ccn(C)n3)c2)C2=CN=NC2NC2=C1C(=O)CC(C)(C)C2. The number of nitrogens with zero attached hydrogens (tertiary/aromatic N) is 5. The largest absolute Gasteiger partial charge is 0.362 e. The van der Waals surface area contributed by atoms with Gasteiger partial charge >= 0.3 is 0 Å². The zero-order valence-corrected chi connectivity index (χ0v) is 20.3. The fourth-order valence-corrected chi connectivity index (χ4v) is 5.69. The molecule has 2 aliphatic heterocycles. The third kappa shape index (κ3) is 3.31. The molecule has 3 heterocycles. The number of nitrogens with one attached hydrogen (secondary N) is 1. The molecule has 0 saturated carbocycles. The van der Waals surface area contributed by atoms with Crippen LogP contribution in [-0.2, 0) is 17.3 Å².